The molecule has 0 aromatic carbocycles. The van der Waals surface area contributed by atoms with Gasteiger partial charge in [0.15, 0.2) is 0 Å². The molecule has 0 amide bonds. The molecule has 0 radical (unpaired) electrons. The van der Waals surface area contributed by atoms with E-state index in [0.29, 0.717) is 11.5 Å². The van der Waals surface area contributed by atoms with Gasteiger partial charge in [0.25, 0.3) is 0 Å². The highest BCUT2D eigenvalue weighted by Crippen LogP contribution is 2.20. The van der Waals surface area contributed by atoms with Crippen molar-refractivity contribution in [1.82, 2.24) is 10.2 Å². The minimum absolute atomic E-state index is 0.341. The fourth-order valence-corrected chi connectivity index (χ4v) is 2.33. The Bertz CT molecular complexity index is 206. The SMILES string of the molecule is COCCC(C)(C)CNC1CCCN(C)CC1. The summed E-state index contributed by atoms with van der Waals surface area (Å²) in [6.45, 7) is 9.10. The summed E-state index contributed by atoms with van der Waals surface area (Å²) in [5, 5.41) is 3.75. The molecule has 1 atom stereocenters. The Labute approximate surface area is 107 Å². The fourth-order valence-electron chi connectivity index (χ4n) is 2.33. The average Bonchev–Trinajstić information content (AvgIpc) is 2.49. The van der Waals surface area contributed by atoms with Gasteiger partial charge in [0.05, 0.1) is 0 Å². The van der Waals surface area contributed by atoms with E-state index in [4.69, 9.17) is 4.74 Å². The first-order chi connectivity index (χ1) is 8.03. The molecule has 0 spiro atoms. The van der Waals surface area contributed by atoms with Crippen LogP contribution in [0.15, 0.2) is 0 Å². The molecule has 0 bridgehead atoms. The molecule has 1 aliphatic rings. The third kappa shape index (κ3) is 6.39. The lowest BCUT2D eigenvalue weighted by Crippen LogP contribution is -2.38. The molecule has 1 fully saturated rings. The van der Waals surface area contributed by atoms with Crippen molar-refractivity contribution in [2.24, 2.45) is 5.41 Å². The van der Waals surface area contributed by atoms with E-state index >= 15 is 0 Å². The number of nitrogens with zero attached hydrogens (tertiary/aromatic N) is 1. The Morgan fingerprint density at radius 2 is 2.06 bits per heavy atom. The van der Waals surface area contributed by atoms with E-state index in [1.165, 1.54) is 32.4 Å². The van der Waals surface area contributed by atoms with Gasteiger partial charge in [-0.15, -0.1) is 0 Å². The first-order valence-corrected chi connectivity index (χ1v) is 6.94. The van der Waals surface area contributed by atoms with Crippen LogP contribution >= 0.6 is 0 Å². The molecule has 3 nitrogen and oxygen atoms in total. The van der Waals surface area contributed by atoms with Crippen LogP contribution in [0.5, 0.6) is 0 Å². The molecule has 1 N–H and O–H groups in total. The summed E-state index contributed by atoms with van der Waals surface area (Å²) >= 11 is 0. The van der Waals surface area contributed by atoms with Crippen LogP contribution in [0, 0.1) is 5.41 Å². The van der Waals surface area contributed by atoms with Gasteiger partial charge in [0.1, 0.15) is 0 Å². The van der Waals surface area contributed by atoms with E-state index in [2.05, 4.69) is 31.1 Å². The van der Waals surface area contributed by atoms with Crippen molar-refractivity contribution in [3.63, 3.8) is 0 Å². The summed E-state index contributed by atoms with van der Waals surface area (Å²) in [5.74, 6) is 0. The predicted octanol–water partition coefficient (Wildman–Crippen LogP) is 2.12. The number of ether oxygens (including phenoxy) is 1. The van der Waals surface area contributed by atoms with Crippen molar-refractivity contribution in [2.75, 3.05) is 40.4 Å². The van der Waals surface area contributed by atoms with Crippen LogP contribution in [-0.2, 0) is 4.74 Å². The van der Waals surface area contributed by atoms with Gasteiger partial charge in [-0.3, -0.25) is 0 Å². The van der Waals surface area contributed by atoms with Crippen molar-refractivity contribution < 1.29 is 4.74 Å². The van der Waals surface area contributed by atoms with Crippen LogP contribution in [0.2, 0.25) is 0 Å². The lowest BCUT2D eigenvalue weighted by atomic mass is 9.89. The molecule has 0 saturated carbocycles. The van der Waals surface area contributed by atoms with Crippen molar-refractivity contribution >= 4 is 0 Å². The summed E-state index contributed by atoms with van der Waals surface area (Å²) in [5.41, 5.74) is 0.341. The van der Waals surface area contributed by atoms with Crippen LogP contribution in [0.1, 0.15) is 39.5 Å². The smallest absolute Gasteiger partial charge is 0.0467 e. The summed E-state index contributed by atoms with van der Waals surface area (Å²) in [6, 6.07) is 0.710. The zero-order valence-corrected chi connectivity index (χ0v) is 12.1. The number of rotatable bonds is 6. The van der Waals surface area contributed by atoms with E-state index in [0.717, 1.165) is 19.6 Å². The minimum atomic E-state index is 0.341. The van der Waals surface area contributed by atoms with Crippen LogP contribution in [0.25, 0.3) is 0 Å². The second kappa shape index (κ2) is 7.34. The second-order valence-electron chi connectivity index (χ2n) is 6.22. The Balaban J connectivity index is 2.24. The molecule has 0 aromatic heterocycles. The quantitative estimate of drug-likeness (QED) is 0.772. The topological polar surface area (TPSA) is 24.5 Å². The van der Waals surface area contributed by atoms with Gasteiger partial charge in [-0.2, -0.15) is 0 Å². The van der Waals surface area contributed by atoms with Gasteiger partial charge in [0.2, 0.25) is 0 Å². The zero-order chi connectivity index (χ0) is 12.7. The van der Waals surface area contributed by atoms with E-state index in [1.54, 1.807) is 7.11 Å². The highest BCUT2D eigenvalue weighted by molar-refractivity contribution is 4.78. The Morgan fingerprint density at radius 3 is 2.76 bits per heavy atom. The van der Waals surface area contributed by atoms with Gasteiger partial charge in [0, 0.05) is 26.3 Å². The summed E-state index contributed by atoms with van der Waals surface area (Å²) in [6.07, 6.45) is 5.07. The Morgan fingerprint density at radius 1 is 1.29 bits per heavy atom. The molecule has 1 rings (SSSR count). The number of hydrogen-bond donors (Lipinski definition) is 1. The first-order valence-electron chi connectivity index (χ1n) is 6.94. The molecule has 0 aromatic rings. The maximum atomic E-state index is 5.17. The lowest BCUT2D eigenvalue weighted by Gasteiger charge is -2.28. The van der Waals surface area contributed by atoms with E-state index < -0.39 is 0 Å². The van der Waals surface area contributed by atoms with Gasteiger partial charge < -0.3 is 15.0 Å². The summed E-state index contributed by atoms with van der Waals surface area (Å²) < 4.78 is 5.17. The Hall–Kier alpha value is -0.120. The maximum absolute atomic E-state index is 5.17. The van der Waals surface area contributed by atoms with E-state index in [-0.39, 0.29) is 0 Å². The fraction of sp³-hybridized carbons (Fsp3) is 1.00. The van der Waals surface area contributed by atoms with Gasteiger partial charge in [-0.1, -0.05) is 13.8 Å². The number of likely N-dealkylation sites (tertiary alicyclic amines) is 1. The third-order valence-electron chi connectivity index (χ3n) is 3.80. The molecule has 0 aliphatic carbocycles. The minimum Gasteiger partial charge on any atom is -0.385 e. The number of methoxy groups -OCH3 is 1. The van der Waals surface area contributed by atoms with Crippen molar-refractivity contribution in [1.29, 1.82) is 0 Å². The average molecular weight is 242 g/mol. The van der Waals surface area contributed by atoms with E-state index in [9.17, 15) is 0 Å². The standard InChI is InChI=1S/C14H30N2O/c1-14(2,8-11-17-4)12-15-13-6-5-9-16(3)10-7-13/h13,15H,5-12H2,1-4H3. The molecule has 3 heteroatoms. The first kappa shape index (κ1) is 14.9. The third-order valence-corrected chi connectivity index (χ3v) is 3.80. The zero-order valence-electron chi connectivity index (χ0n) is 12.1. The normalized spacial score (nSPS) is 23.6. The molecule has 1 heterocycles. The highest BCUT2D eigenvalue weighted by atomic mass is 16.5. The van der Waals surface area contributed by atoms with Crippen LogP contribution in [-0.4, -0.2) is 51.3 Å². The van der Waals surface area contributed by atoms with Gasteiger partial charge in [-0.05, 0) is 51.2 Å². The molecule has 17 heavy (non-hydrogen) atoms. The molecule has 1 aliphatic heterocycles. The largest absolute Gasteiger partial charge is 0.385 e. The van der Waals surface area contributed by atoms with Crippen molar-refractivity contribution in [2.45, 2.75) is 45.6 Å². The molecule has 1 saturated heterocycles. The number of hydrogen-bond acceptors (Lipinski definition) is 3. The summed E-state index contributed by atoms with van der Waals surface area (Å²) in [7, 11) is 4.01. The van der Waals surface area contributed by atoms with E-state index in [1.807, 2.05) is 0 Å². The maximum Gasteiger partial charge on any atom is 0.0467 e. The Kier molecular flexibility index (Phi) is 6.45. The van der Waals surface area contributed by atoms with Crippen molar-refractivity contribution in [3.8, 4) is 0 Å². The monoisotopic (exact) mass is 242 g/mol. The van der Waals surface area contributed by atoms with Crippen molar-refractivity contribution in [3.05, 3.63) is 0 Å². The highest BCUT2D eigenvalue weighted by Gasteiger charge is 2.20. The number of nitrogens with one attached hydrogen (secondary N) is 1. The molecular weight excluding hydrogens is 212 g/mol. The predicted molar refractivity (Wildman–Crippen MR) is 73.4 cm³/mol. The van der Waals surface area contributed by atoms with Crippen LogP contribution in [0.3, 0.4) is 0 Å². The van der Waals surface area contributed by atoms with Crippen LogP contribution in [0.4, 0.5) is 0 Å². The molecular formula is C14H30N2O. The molecule has 102 valence electrons. The molecule has 1 unspecified atom stereocenters. The van der Waals surface area contributed by atoms with Gasteiger partial charge >= 0.3 is 0 Å². The lowest BCUT2D eigenvalue weighted by molar-refractivity contribution is 0.148. The second-order valence-corrected chi connectivity index (χ2v) is 6.22. The summed E-state index contributed by atoms with van der Waals surface area (Å²) in [4.78, 5) is 2.44. The van der Waals surface area contributed by atoms with Crippen LogP contribution < -0.4 is 5.32 Å². The van der Waals surface area contributed by atoms with Gasteiger partial charge in [-0.25, -0.2) is 0 Å².